The molecule has 0 saturated heterocycles. The van der Waals surface area contributed by atoms with Gasteiger partial charge in [0.15, 0.2) is 9.84 Å². The third-order valence-electron chi connectivity index (χ3n) is 4.86. The molecule has 0 radical (unpaired) electrons. The molecule has 3 aromatic rings. The van der Waals surface area contributed by atoms with Gasteiger partial charge in [-0.2, -0.15) is 0 Å². The van der Waals surface area contributed by atoms with E-state index in [1.165, 1.54) is 18.4 Å². The fourth-order valence-electron chi connectivity index (χ4n) is 3.37. The number of aliphatic hydroxyl groups excluding tert-OH is 1. The maximum Gasteiger partial charge on any atom is 0.175 e. The average Bonchev–Trinajstić information content (AvgIpc) is 3.01. The Kier molecular flexibility index (Phi) is 6.52. The number of halogens is 1. The fourth-order valence-corrected chi connectivity index (χ4v) is 4.00. The number of hydrogen-bond acceptors (Lipinski definition) is 4. The number of nitrogens with one attached hydrogen (secondary N) is 1. The molecule has 0 saturated carbocycles. The number of aliphatic hydroxyl groups is 1. The highest BCUT2D eigenvalue weighted by atomic mass is 32.2. The molecule has 7 heteroatoms. The first-order valence-corrected chi connectivity index (χ1v) is 11.3. The summed E-state index contributed by atoms with van der Waals surface area (Å²) in [5.41, 5.74) is 4.51. The third-order valence-corrected chi connectivity index (χ3v) is 5.98. The summed E-state index contributed by atoms with van der Waals surface area (Å²) in [6, 6.07) is 15.2. The molecule has 154 valence electrons. The zero-order chi connectivity index (χ0) is 21.0. The minimum absolute atomic E-state index is 0.0845. The van der Waals surface area contributed by atoms with E-state index in [0.717, 1.165) is 28.9 Å². The van der Waals surface area contributed by atoms with Crippen LogP contribution in [0.25, 0.3) is 16.9 Å². The molecule has 0 atom stereocenters. The summed E-state index contributed by atoms with van der Waals surface area (Å²) in [4.78, 5) is 0.260. The molecule has 0 aliphatic heterocycles. The van der Waals surface area contributed by atoms with Crippen LogP contribution in [-0.2, 0) is 16.3 Å². The standard InChI is InChI=1S/C22H25FN2O3S/c1-16-18(10-11-24-12-13-26)14-22(25(16)20-5-3-4-19(23)15-20)17-6-8-21(9-7-17)29(2,27)28/h3-9,14-15,24,26H,10-13H2,1-2H3. The monoisotopic (exact) mass is 416 g/mol. The summed E-state index contributed by atoms with van der Waals surface area (Å²) in [5, 5.41) is 12.1. The van der Waals surface area contributed by atoms with Crippen LogP contribution in [-0.4, -0.2) is 44.0 Å². The lowest BCUT2D eigenvalue weighted by molar-refractivity contribution is 0.293. The number of aromatic nitrogens is 1. The second-order valence-corrected chi connectivity index (χ2v) is 8.99. The maximum atomic E-state index is 13.9. The molecule has 0 aliphatic carbocycles. The second kappa shape index (κ2) is 8.90. The molecule has 0 aliphatic rings. The number of benzene rings is 2. The van der Waals surface area contributed by atoms with E-state index in [-0.39, 0.29) is 17.3 Å². The van der Waals surface area contributed by atoms with Crippen molar-refractivity contribution < 1.29 is 17.9 Å². The van der Waals surface area contributed by atoms with Crippen molar-refractivity contribution in [2.45, 2.75) is 18.2 Å². The van der Waals surface area contributed by atoms with Gasteiger partial charge in [0.05, 0.1) is 17.2 Å². The van der Waals surface area contributed by atoms with E-state index in [2.05, 4.69) is 11.4 Å². The molecule has 29 heavy (non-hydrogen) atoms. The molecule has 2 N–H and O–H groups in total. The Bertz CT molecular complexity index is 1090. The molecule has 0 unspecified atom stereocenters. The second-order valence-electron chi connectivity index (χ2n) is 6.98. The van der Waals surface area contributed by atoms with E-state index < -0.39 is 9.84 Å². The summed E-state index contributed by atoms with van der Waals surface area (Å²) in [6.45, 7) is 3.31. The van der Waals surface area contributed by atoms with Gasteiger partial charge in [-0.1, -0.05) is 18.2 Å². The van der Waals surface area contributed by atoms with Crippen molar-refractivity contribution in [3.8, 4) is 16.9 Å². The van der Waals surface area contributed by atoms with Crippen molar-refractivity contribution in [2.24, 2.45) is 0 Å². The smallest absolute Gasteiger partial charge is 0.175 e. The predicted octanol–water partition coefficient (Wildman–Crippen LogP) is 3.12. The van der Waals surface area contributed by atoms with Gasteiger partial charge in [0.2, 0.25) is 0 Å². The molecular weight excluding hydrogens is 391 g/mol. The van der Waals surface area contributed by atoms with Crippen molar-refractivity contribution in [3.63, 3.8) is 0 Å². The van der Waals surface area contributed by atoms with Gasteiger partial charge in [0.1, 0.15) is 5.82 Å². The van der Waals surface area contributed by atoms with Crippen LogP contribution < -0.4 is 5.32 Å². The van der Waals surface area contributed by atoms with Gasteiger partial charge in [-0.3, -0.25) is 0 Å². The van der Waals surface area contributed by atoms with Crippen LogP contribution in [0.4, 0.5) is 4.39 Å². The Labute approximate surface area is 170 Å². The first kappa shape index (κ1) is 21.2. The Balaban J connectivity index is 2.06. The zero-order valence-corrected chi connectivity index (χ0v) is 17.3. The van der Waals surface area contributed by atoms with E-state index in [1.807, 2.05) is 17.6 Å². The predicted molar refractivity (Wildman–Crippen MR) is 113 cm³/mol. The number of sulfone groups is 1. The first-order valence-electron chi connectivity index (χ1n) is 9.40. The van der Waals surface area contributed by atoms with Crippen LogP contribution in [0.15, 0.2) is 59.5 Å². The maximum absolute atomic E-state index is 13.9. The Morgan fingerprint density at radius 1 is 1.07 bits per heavy atom. The van der Waals surface area contributed by atoms with Gasteiger partial charge in [-0.15, -0.1) is 0 Å². The zero-order valence-electron chi connectivity index (χ0n) is 16.5. The summed E-state index contributed by atoms with van der Waals surface area (Å²) < 4.78 is 39.4. The third kappa shape index (κ3) is 4.93. The van der Waals surface area contributed by atoms with Crippen LogP contribution in [0.1, 0.15) is 11.3 Å². The lowest BCUT2D eigenvalue weighted by Gasteiger charge is -2.13. The number of hydrogen-bond donors (Lipinski definition) is 2. The largest absolute Gasteiger partial charge is 0.395 e. The van der Waals surface area contributed by atoms with Crippen molar-refractivity contribution in [1.29, 1.82) is 0 Å². The fraction of sp³-hybridized carbons (Fsp3) is 0.273. The van der Waals surface area contributed by atoms with Gasteiger partial charge in [-0.05, 0) is 67.4 Å². The van der Waals surface area contributed by atoms with Gasteiger partial charge in [0.25, 0.3) is 0 Å². The van der Waals surface area contributed by atoms with E-state index in [9.17, 15) is 12.8 Å². The van der Waals surface area contributed by atoms with Crippen molar-refractivity contribution >= 4 is 9.84 Å². The first-order chi connectivity index (χ1) is 13.8. The highest BCUT2D eigenvalue weighted by Crippen LogP contribution is 2.30. The van der Waals surface area contributed by atoms with Gasteiger partial charge in [-0.25, -0.2) is 12.8 Å². The van der Waals surface area contributed by atoms with Gasteiger partial charge in [0, 0.05) is 24.2 Å². The van der Waals surface area contributed by atoms with E-state index in [1.54, 1.807) is 30.3 Å². The summed E-state index contributed by atoms with van der Waals surface area (Å²) in [6.07, 6.45) is 1.93. The summed E-state index contributed by atoms with van der Waals surface area (Å²) >= 11 is 0. The molecular formula is C22H25FN2O3S. The van der Waals surface area contributed by atoms with Crippen LogP contribution in [0.5, 0.6) is 0 Å². The van der Waals surface area contributed by atoms with Crippen LogP contribution in [0.3, 0.4) is 0 Å². The molecule has 1 aromatic heterocycles. The Morgan fingerprint density at radius 2 is 1.79 bits per heavy atom. The Morgan fingerprint density at radius 3 is 2.41 bits per heavy atom. The SMILES string of the molecule is Cc1c(CCNCCO)cc(-c2ccc(S(C)(=O)=O)cc2)n1-c1cccc(F)c1. The minimum Gasteiger partial charge on any atom is -0.395 e. The van der Waals surface area contributed by atoms with Crippen LogP contribution >= 0.6 is 0 Å². The topological polar surface area (TPSA) is 71.3 Å². The van der Waals surface area contributed by atoms with Gasteiger partial charge >= 0.3 is 0 Å². The van der Waals surface area contributed by atoms with Crippen LogP contribution in [0.2, 0.25) is 0 Å². The summed E-state index contributed by atoms with van der Waals surface area (Å²) in [7, 11) is -3.28. The normalized spacial score (nSPS) is 11.7. The molecule has 0 fully saturated rings. The number of nitrogens with zero attached hydrogens (tertiary/aromatic N) is 1. The molecule has 0 bridgehead atoms. The van der Waals surface area contributed by atoms with Crippen molar-refractivity contribution in [3.05, 3.63) is 71.7 Å². The van der Waals surface area contributed by atoms with Crippen molar-refractivity contribution in [1.82, 2.24) is 9.88 Å². The van der Waals surface area contributed by atoms with Gasteiger partial charge < -0.3 is 15.0 Å². The average molecular weight is 417 g/mol. The van der Waals surface area contributed by atoms with E-state index in [4.69, 9.17) is 5.11 Å². The quantitative estimate of drug-likeness (QED) is 0.554. The van der Waals surface area contributed by atoms with E-state index >= 15 is 0 Å². The highest BCUT2D eigenvalue weighted by Gasteiger charge is 2.16. The lowest BCUT2D eigenvalue weighted by atomic mass is 10.1. The van der Waals surface area contributed by atoms with Crippen LogP contribution in [0, 0.1) is 12.7 Å². The molecule has 0 spiro atoms. The molecule has 0 amide bonds. The highest BCUT2D eigenvalue weighted by molar-refractivity contribution is 7.90. The number of rotatable bonds is 8. The van der Waals surface area contributed by atoms with E-state index in [0.29, 0.717) is 18.8 Å². The molecule has 1 heterocycles. The lowest BCUT2D eigenvalue weighted by Crippen LogP contribution is -2.21. The molecule has 3 rings (SSSR count). The summed E-state index contributed by atoms with van der Waals surface area (Å²) in [5.74, 6) is -0.319. The molecule has 5 nitrogen and oxygen atoms in total. The Hall–Kier alpha value is -2.48. The minimum atomic E-state index is -3.28. The molecule has 2 aromatic carbocycles. The van der Waals surface area contributed by atoms with Crippen molar-refractivity contribution in [2.75, 3.05) is 26.0 Å².